The minimum absolute atomic E-state index is 0.189. The molecule has 0 radical (unpaired) electrons. The number of benzene rings is 1. The summed E-state index contributed by atoms with van der Waals surface area (Å²) in [6.45, 7) is 4.04. The van der Waals surface area contributed by atoms with Crippen LogP contribution in [0.2, 0.25) is 0 Å². The van der Waals surface area contributed by atoms with Crippen molar-refractivity contribution in [2.24, 2.45) is 0 Å². The third-order valence-electron chi connectivity index (χ3n) is 2.41. The van der Waals surface area contributed by atoms with Crippen LogP contribution in [0.15, 0.2) is 18.2 Å². The molecule has 1 aliphatic carbocycles. The summed E-state index contributed by atoms with van der Waals surface area (Å²) in [6, 6.07) is 5.92. The number of rotatable bonds is 5. The van der Waals surface area contributed by atoms with Crippen molar-refractivity contribution in [3.8, 4) is 11.5 Å². The highest BCUT2D eigenvalue weighted by molar-refractivity contribution is 5.59. The van der Waals surface area contributed by atoms with Crippen LogP contribution in [0.1, 0.15) is 26.7 Å². The molecule has 88 valence electrons. The number of ether oxygens (including phenoxy) is 2. The standard InChI is InChI=1S/C13H19NO2/c1-9(2)15-11-6-7-12(14-3)13(8-11)16-10-4-5-10/h6-10,14H,4-5H2,1-3H3. The number of hydrogen-bond acceptors (Lipinski definition) is 3. The average Bonchev–Trinajstić information content (AvgIpc) is 3.01. The summed E-state index contributed by atoms with van der Waals surface area (Å²) in [5.74, 6) is 1.76. The van der Waals surface area contributed by atoms with Crippen molar-refractivity contribution in [1.29, 1.82) is 0 Å². The Labute approximate surface area is 96.8 Å². The van der Waals surface area contributed by atoms with Crippen molar-refractivity contribution in [1.82, 2.24) is 0 Å². The van der Waals surface area contributed by atoms with Gasteiger partial charge in [0.25, 0.3) is 0 Å². The van der Waals surface area contributed by atoms with Gasteiger partial charge in [-0.3, -0.25) is 0 Å². The number of anilines is 1. The smallest absolute Gasteiger partial charge is 0.146 e. The molecule has 0 heterocycles. The molecule has 0 bridgehead atoms. The van der Waals surface area contributed by atoms with Gasteiger partial charge in [-0.25, -0.2) is 0 Å². The Kier molecular flexibility index (Phi) is 3.22. The van der Waals surface area contributed by atoms with Crippen LogP contribution in [-0.2, 0) is 0 Å². The molecule has 0 atom stereocenters. The molecule has 0 amide bonds. The monoisotopic (exact) mass is 221 g/mol. The van der Waals surface area contributed by atoms with Crippen LogP contribution in [0.5, 0.6) is 11.5 Å². The van der Waals surface area contributed by atoms with E-state index < -0.39 is 0 Å². The molecule has 1 saturated carbocycles. The predicted octanol–water partition coefficient (Wildman–Crippen LogP) is 3.06. The average molecular weight is 221 g/mol. The van der Waals surface area contributed by atoms with Gasteiger partial charge in [-0.1, -0.05) is 0 Å². The highest BCUT2D eigenvalue weighted by Gasteiger charge is 2.24. The molecule has 0 aliphatic heterocycles. The predicted molar refractivity (Wildman–Crippen MR) is 65.4 cm³/mol. The Hall–Kier alpha value is -1.38. The molecule has 1 fully saturated rings. The molecule has 0 aromatic heterocycles. The third kappa shape index (κ3) is 2.81. The lowest BCUT2D eigenvalue weighted by Crippen LogP contribution is -2.06. The zero-order valence-electron chi connectivity index (χ0n) is 10.1. The van der Waals surface area contributed by atoms with E-state index in [1.54, 1.807) is 0 Å². The van der Waals surface area contributed by atoms with Crippen LogP contribution < -0.4 is 14.8 Å². The SMILES string of the molecule is CNc1ccc(OC(C)C)cc1OC1CC1. The highest BCUT2D eigenvalue weighted by atomic mass is 16.5. The first kappa shape index (κ1) is 11.1. The molecular formula is C13H19NO2. The van der Waals surface area contributed by atoms with Gasteiger partial charge in [0.2, 0.25) is 0 Å². The highest BCUT2D eigenvalue weighted by Crippen LogP contribution is 2.34. The van der Waals surface area contributed by atoms with Crippen molar-refractivity contribution < 1.29 is 9.47 Å². The van der Waals surface area contributed by atoms with Gasteiger partial charge in [-0.2, -0.15) is 0 Å². The molecule has 0 spiro atoms. The van der Waals surface area contributed by atoms with Crippen molar-refractivity contribution >= 4 is 5.69 Å². The zero-order chi connectivity index (χ0) is 11.5. The molecule has 2 rings (SSSR count). The first-order valence-electron chi connectivity index (χ1n) is 5.84. The Morgan fingerprint density at radius 3 is 2.62 bits per heavy atom. The van der Waals surface area contributed by atoms with Crippen molar-refractivity contribution in [2.45, 2.75) is 38.9 Å². The summed E-state index contributed by atoms with van der Waals surface area (Å²) in [7, 11) is 1.90. The fourth-order valence-electron chi connectivity index (χ4n) is 1.52. The van der Waals surface area contributed by atoms with Gasteiger partial charge in [0.1, 0.15) is 11.5 Å². The Balaban J connectivity index is 2.15. The van der Waals surface area contributed by atoms with Crippen molar-refractivity contribution in [3.63, 3.8) is 0 Å². The van der Waals surface area contributed by atoms with Gasteiger partial charge >= 0.3 is 0 Å². The fraction of sp³-hybridized carbons (Fsp3) is 0.538. The van der Waals surface area contributed by atoms with Crippen LogP contribution in [0.3, 0.4) is 0 Å². The Morgan fingerprint density at radius 2 is 2.06 bits per heavy atom. The second kappa shape index (κ2) is 4.64. The maximum atomic E-state index is 5.83. The van der Waals surface area contributed by atoms with E-state index in [0.717, 1.165) is 17.2 Å². The lowest BCUT2D eigenvalue weighted by atomic mass is 10.2. The second-order valence-corrected chi connectivity index (χ2v) is 4.39. The molecule has 1 aromatic rings. The summed E-state index contributed by atoms with van der Waals surface area (Å²) in [6.07, 6.45) is 2.92. The quantitative estimate of drug-likeness (QED) is 0.829. The van der Waals surface area contributed by atoms with E-state index in [4.69, 9.17) is 9.47 Å². The van der Waals surface area contributed by atoms with Crippen LogP contribution in [0.4, 0.5) is 5.69 Å². The van der Waals surface area contributed by atoms with Crippen LogP contribution >= 0.6 is 0 Å². The molecule has 16 heavy (non-hydrogen) atoms. The summed E-state index contributed by atoms with van der Waals surface area (Å²) in [5.41, 5.74) is 1.02. The number of nitrogens with one attached hydrogen (secondary N) is 1. The lowest BCUT2D eigenvalue weighted by molar-refractivity contribution is 0.239. The summed E-state index contributed by atoms with van der Waals surface area (Å²) >= 11 is 0. The molecule has 0 saturated heterocycles. The maximum Gasteiger partial charge on any atom is 0.146 e. The zero-order valence-corrected chi connectivity index (χ0v) is 10.1. The van der Waals surface area contributed by atoms with Crippen LogP contribution in [0, 0.1) is 0 Å². The first-order chi connectivity index (χ1) is 7.69. The van der Waals surface area contributed by atoms with E-state index in [-0.39, 0.29) is 6.10 Å². The summed E-state index contributed by atoms with van der Waals surface area (Å²) in [5, 5.41) is 3.13. The normalized spacial score (nSPS) is 15.0. The molecule has 0 unspecified atom stereocenters. The van der Waals surface area contributed by atoms with E-state index in [1.807, 2.05) is 39.1 Å². The van der Waals surface area contributed by atoms with E-state index in [2.05, 4.69) is 5.32 Å². The minimum atomic E-state index is 0.189. The van der Waals surface area contributed by atoms with Crippen LogP contribution in [0.25, 0.3) is 0 Å². The fourth-order valence-corrected chi connectivity index (χ4v) is 1.52. The molecule has 1 aliphatic rings. The molecule has 1 aromatic carbocycles. The van der Waals surface area contributed by atoms with E-state index in [9.17, 15) is 0 Å². The number of hydrogen-bond donors (Lipinski definition) is 1. The Morgan fingerprint density at radius 1 is 1.31 bits per heavy atom. The van der Waals surface area contributed by atoms with Crippen molar-refractivity contribution in [3.05, 3.63) is 18.2 Å². The lowest BCUT2D eigenvalue weighted by Gasteiger charge is -2.14. The van der Waals surface area contributed by atoms with Crippen molar-refractivity contribution in [2.75, 3.05) is 12.4 Å². The van der Waals surface area contributed by atoms with E-state index >= 15 is 0 Å². The van der Waals surface area contributed by atoms with Gasteiger partial charge in [-0.05, 0) is 38.8 Å². The Bertz CT molecular complexity index is 359. The van der Waals surface area contributed by atoms with E-state index in [1.165, 1.54) is 12.8 Å². The largest absolute Gasteiger partial charge is 0.491 e. The van der Waals surface area contributed by atoms with Gasteiger partial charge < -0.3 is 14.8 Å². The van der Waals surface area contributed by atoms with Crippen LogP contribution in [-0.4, -0.2) is 19.3 Å². The maximum absolute atomic E-state index is 5.83. The van der Waals surface area contributed by atoms with Gasteiger partial charge in [0.15, 0.2) is 0 Å². The third-order valence-corrected chi connectivity index (χ3v) is 2.41. The second-order valence-electron chi connectivity index (χ2n) is 4.39. The first-order valence-corrected chi connectivity index (χ1v) is 5.84. The molecule has 1 N–H and O–H groups in total. The molecular weight excluding hydrogens is 202 g/mol. The molecule has 3 heteroatoms. The van der Waals surface area contributed by atoms with Gasteiger partial charge in [0, 0.05) is 13.1 Å². The van der Waals surface area contributed by atoms with E-state index in [0.29, 0.717) is 6.10 Å². The topological polar surface area (TPSA) is 30.5 Å². The summed E-state index contributed by atoms with van der Waals surface area (Å²) < 4.78 is 11.5. The summed E-state index contributed by atoms with van der Waals surface area (Å²) in [4.78, 5) is 0. The van der Waals surface area contributed by atoms with Gasteiger partial charge in [-0.15, -0.1) is 0 Å². The molecule has 3 nitrogen and oxygen atoms in total. The minimum Gasteiger partial charge on any atom is -0.491 e. The van der Waals surface area contributed by atoms with Gasteiger partial charge in [0.05, 0.1) is 17.9 Å².